The summed E-state index contributed by atoms with van der Waals surface area (Å²) in [5, 5.41) is 2.76. The third-order valence-electron chi connectivity index (χ3n) is 4.71. The molecule has 1 saturated carbocycles. The zero-order chi connectivity index (χ0) is 14.8. The summed E-state index contributed by atoms with van der Waals surface area (Å²) in [6.45, 7) is 2.68. The fourth-order valence-corrected chi connectivity index (χ4v) is 4.24. The number of likely N-dealkylation sites (tertiary alicyclic amines) is 1. The average Bonchev–Trinajstić information content (AvgIpc) is 2.94. The predicted octanol–water partition coefficient (Wildman–Crippen LogP) is 3.21. The van der Waals surface area contributed by atoms with E-state index in [1.54, 1.807) is 0 Å². The van der Waals surface area contributed by atoms with Crippen LogP contribution in [0.1, 0.15) is 60.4 Å². The highest BCUT2D eigenvalue weighted by Crippen LogP contribution is 2.32. The van der Waals surface area contributed by atoms with Crippen molar-refractivity contribution < 1.29 is 9.59 Å². The Morgan fingerprint density at radius 1 is 1.29 bits per heavy atom. The average molecular weight is 306 g/mol. The molecule has 2 aliphatic rings. The van der Waals surface area contributed by atoms with E-state index in [2.05, 4.69) is 4.98 Å². The van der Waals surface area contributed by atoms with Crippen molar-refractivity contribution in [3.8, 4) is 0 Å². The van der Waals surface area contributed by atoms with Gasteiger partial charge >= 0.3 is 0 Å². The van der Waals surface area contributed by atoms with E-state index in [0.29, 0.717) is 17.9 Å². The van der Waals surface area contributed by atoms with Gasteiger partial charge in [-0.1, -0.05) is 6.42 Å². The molecule has 5 heteroatoms. The lowest BCUT2D eigenvalue weighted by atomic mass is 9.79. The molecule has 2 atom stereocenters. The van der Waals surface area contributed by atoms with Gasteiger partial charge in [0, 0.05) is 30.3 Å². The molecule has 1 amide bonds. The summed E-state index contributed by atoms with van der Waals surface area (Å²) in [5.41, 5.74) is 0.549. The monoisotopic (exact) mass is 306 g/mol. The molecule has 1 aromatic rings. The second kappa shape index (κ2) is 6.26. The van der Waals surface area contributed by atoms with Gasteiger partial charge in [0.2, 0.25) is 0 Å². The van der Waals surface area contributed by atoms with Gasteiger partial charge in [-0.15, -0.1) is 11.3 Å². The Balaban J connectivity index is 1.80. The predicted molar refractivity (Wildman–Crippen MR) is 82.5 cm³/mol. The minimum Gasteiger partial charge on any atom is -0.334 e. The Morgan fingerprint density at radius 3 is 2.81 bits per heavy atom. The van der Waals surface area contributed by atoms with Crippen molar-refractivity contribution >= 4 is 23.0 Å². The van der Waals surface area contributed by atoms with E-state index in [-0.39, 0.29) is 17.9 Å². The Labute approximate surface area is 129 Å². The first-order chi connectivity index (χ1) is 10.2. The molecule has 0 radical (unpaired) electrons. The van der Waals surface area contributed by atoms with E-state index in [4.69, 9.17) is 0 Å². The van der Waals surface area contributed by atoms with Crippen molar-refractivity contribution in [1.29, 1.82) is 0 Å². The lowest BCUT2D eigenvalue weighted by Gasteiger charge is -2.40. The molecule has 2 heterocycles. The van der Waals surface area contributed by atoms with Gasteiger partial charge in [0.25, 0.3) is 5.91 Å². The first-order valence-corrected chi connectivity index (χ1v) is 8.80. The topological polar surface area (TPSA) is 50.3 Å². The Hall–Kier alpha value is -1.23. The van der Waals surface area contributed by atoms with Crippen LogP contribution in [-0.2, 0) is 4.79 Å². The lowest BCUT2D eigenvalue weighted by molar-refractivity contribution is -0.127. The second-order valence-corrected chi connectivity index (χ2v) is 7.19. The molecule has 0 bridgehead atoms. The summed E-state index contributed by atoms with van der Waals surface area (Å²) in [6.07, 6.45) is 6.89. The second-order valence-electron chi connectivity index (χ2n) is 6.13. The van der Waals surface area contributed by atoms with E-state index < -0.39 is 0 Å². The smallest absolute Gasteiger partial charge is 0.273 e. The molecule has 1 aromatic heterocycles. The van der Waals surface area contributed by atoms with Crippen molar-refractivity contribution in [3.05, 3.63) is 16.1 Å². The van der Waals surface area contributed by atoms with Gasteiger partial charge in [-0.05, 0) is 39.0 Å². The summed E-state index contributed by atoms with van der Waals surface area (Å²) >= 11 is 1.51. The minimum absolute atomic E-state index is 0.0161. The first kappa shape index (κ1) is 14.7. The SMILES string of the molecule is Cc1nc(C(=O)N2CCCCC2C2CCCCC2=O)cs1. The third kappa shape index (κ3) is 3.03. The van der Waals surface area contributed by atoms with Crippen molar-refractivity contribution in [1.82, 2.24) is 9.88 Å². The molecular formula is C16H22N2O2S. The van der Waals surface area contributed by atoms with Crippen LogP contribution in [0.5, 0.6) is 0 Å². The molecule has 114 valence electrons. The molecule has 21 heavy (non-hydrogen) atoms. The van der Waals surface area contributed by atoms with Gasteiger partial charge in [-0.2, -0.15) is 0 Å². The minimum atomic E-state index is 0.0161. The van der Waals surface area contributed by atoms with Crippen LogP contribution in [-0.4, -0.2) is 34.2 Å². The number of rotatable bonds is 2. The Kier molecular flexibility index (Phi) is 4.38. The maximum absolute atomic E-state index is 12.7. The summed E-state index contributed by atoms with van der Waals surface area (Å²) in [7, 11) is 0. The summed E-state index contributed by atoms with van der Waals surface area (Å²) in [4.78, 5) is 31.2. The fraction of sp³-hybridized carbons (Fsp3) is 0.688. The molecule has 1 aliphatic carbocycles. The number of thiazole rings is 1. The molecular weight excluding hydrogens is 284 g/mol. The maximum atomic E-state index is 12.7. The normalized spacial score (nSPS) is 26.9. The van der Waals surface area contributed by atoms with Crippen LogP contribution in [0.2, 0.25) is 0 Å². The number of carbonyl (C=O) groups excluding carboxylic acids is 2. The molecule has 2 fully saturated rings. The Bertz CT molecular complexity index is 540. The molecule has 1 aliphatic heterocycles. The van der Waals surface area contributed by atoms with Crippen LogP contribution in [0.25, 0.3) is 0 Å². The Morgan fingerprint density at radius 2 is 2.10 bits per heavy atom. The number of aryl methyl sites for hydroxylation is 1. The van der Waals surface area contributed by atoms with Gasteiger partial charge < -0.3 is 4.90 Å². The van der Waals surface area contributed by atoms with E-state index in [1.807, 2.05) is 17.2 Å². The highest BCUT2D eigenvalue weighted by molar-refractivity contribution is 7.09. The van der Waals surface area contributed by atoms with Gasteiger partial charge in [-0.3, -0.25) is 9.59 Å². The molecule has 0 aromatic carbocycles. The lowest BCUT2D eigenvalue weighted by Crippen LogP contribution is -2.50. The summed E-state index contributed by atoms with van der Waals surface area (Å²) in [6, 6.07) is 0.0982. The largest absolute Gasteiger partial charge is 0.334 e. The number of nitrogens with zero attached hydrogens (tertiary/aromatic N) is 2. The highest BCUT2D eigenvalue weighted by atomic mass is 32.1. The summed E-state index contributed by atoms with van der Waals surface area (Å²) < 4.78 is 0. The number of carbonyl (C=O) groups is 2. The highest BCUT2D eigenvalue weighted by Gasteiger charge is 2.38. The molecule has 0 N–H and O–H groups in total. The molecule has 1 saturated heterocycles. The van der Waals surface area contributed by atoms with Crippen molar-refractivity contribution in [2.24, 2.45) is 5.92 Å². The van der Waals surface area contributed by atoms with Gasteiger partial charge in [0.05, 0.1) is 5.01 Å². The molecule has 2 unspecified atom stereocenters. The zero-order valence-electron chi connectivity index (χ0n) is 12.5. The van der Waals surface area contributed by atoms with Crippen LogP contribution in [0.4, 0.5) is 0 Å². The van der Waals surface area contributed by atoms with Crippen molar-refractivity contribution in [2.45, 2.75) is 57.9 Å². The zero-order valence-corrected chi connectivity index (χ0v) is 13.3. The summed E-state index contributed by atoms with van der Waals surface area (Å²) in [5.74, 6) is 0.436. The van der Waals surface area contributed by atoms with E-state index in [9.17, 15) is 9.59 Å². The van der Waals surface area contributed by atoms with E-state index >= 15 is 0 Å². The van der Waals surface area contributed by atoms with Gasteiger partial charge in [0.15, 0.2) is 0 Å². The molecule has 3 rings (SSSR count). The molecule has 0 spiro atoms. The van der Waals surface area contributed by atoms with Crippen LogP contribution < -0.4 is 0 Å². The van der Waals surface area contributed by atoms with Gasteiger partial charge in [-0.25, -0.2) is 4.98 Å². The van der Waals surface area contributed by atoms with Crippen molar-refractivity contribution in [3.63, 3.8) is 0 Å². The standard InChI is InChI=1S/C16H22N2O2S/c1-11-17-13(10-21-11)16(20)18-9-5-4-7-14(18)12-6-2-3-8-15(12)19/h10,12,14H,2-9H2,1H3. The van der Waals surface area contributed by atoms with Crippen LogP contribution in [0.15, 0.2) is 5.38 Å². The number of hydrogen-bond acceptors (Lipinski definition) is 4. The van der Waals surface area contributed by atoms with Crippen LogP contribution >= 0.6 is 11.3 Å². The number of aromatic nitrogens is 1. The third-order valence-corrected chi connectivity index (χ3v) is 5.49. The number of Topliss-reactive ketones (excluding diaryl/α,β-unsaturated/α-hetero) is 1. The van der Waals surface area contributed by atoms with E-state index in [0.717, 1.165) is 50.1 Å². The van der Waals surface area contributed by atoms with E-state index in [1.165, 1.54) is 11.3 Å². The van der Waals surface area contributed by atoms with Crippen LogP contribution in [0.3, 0.4) is 0 Å². The number of piperidine rings is 1. The number of amides is 1. The number of ketones is 1. The maximum Gasteiger partial charge on any atom is 0.273 e. The van der Waals surface area contributed by atoms with Gasteiger partial charge in [0.1, 0.15) is 11.5 Å². The fourth-order valence-electron chi connectivity index (χ4n) is 3.65. The van der Waals surface area contributed by atoms with Crippen molar-refractivity contribution in [2.75, 3.05) is 6.54 Å². The number of hydrogen-bond donors (Lipinski definition) is 0. The quantitative estimate of drug-likeness (QED) is 0.843. The van der Waals surface area contributed by atoms with Crippen LogP contribution in [0, 0.1) is 12.8 Å². The first-order valence-electron chi connectivity index (χ1n) is 7.92. The molecule has 4 nitrogen and oxygen atoms in total.